The molecule has 0 spiro atoms. The molecular weight excluding hydrogens is 242 g/mol. The summed E-state index contributed by atoms with van der Waals surface area (Å²) in [6, 6.07) is 8.69. The Morgan fingerprint density at radius 1 is 1.28 bits per heavy atom. The second-order valence-corrected chi connectivity index (χ2v) is 5.70. The van der Waals surface area contributed by atoms with Gasteiger partial charge in [0.25, 0.3) is 0 Å². The summed E-state index contributed by atoms with van der Waals surface area (Å²) in [5.41, 5.74) is 8.02. The van der Waals surface area contributed by atoms with Crippen LogP contribution in [0.3, 0.4) is 0 Å². The van der Waals surface area contributed by atoms with Crippen LogP contribution < -0.4 is 11.1 Å². The summed E-state index contributed by atoms with van der Waals surface area (Å²) in [6.07, 6.45) is 1.92. The summed E-state index contributed by atoms with van der Waals surface area (Å²) < 4.78 is 0. The quantitative estimate of drug-likeness (QED) is 0.870. The summed E-state index contributed by atoms with van der Waals surface area (Å²) in [4.78, 5) is 5.65. The maximum Gasteiger partial charge on any atom is 0.109 e. The number of rotatable bonds is 5. The van der Waals surface area contributed by atoms with Crippen molar-refractivity contribution >= 4 is 11.3 Å². The van der Waals surface area contributed by atoms with Gasteiger partial charge in [-0.2, -0.15) is 0 Å². The number of hydrogen-bond acceptors (Lipinski definition) is 4. The first-order valence-electron chi connectivity index (χ1n) is 6.12. The second-order valence-electron chi connectivity index (χ2n) is 4.43. The molecule has 3 N–H and O–H groups in total. The van der Waals surface area contributed by atoms with Crippen LogP contribution in [0.25, 0.3) is 0 Å². The lowest BCUT2D eigenvalue weighted by Gasteiger charge is -2.11. The highest BCUT2D eigenvalue weighted by Crippen LogP contribution is 2.19. The highest BCUT2D eigenvalue weighted by Gasteiger charge is 2.08. The van der Waals surface area contributed by atoms with Gasteiger partial charge in [-0.3, -0.25) is 0 Å². The molecule has 0 saturated heterocycles. The normalized spacial score (nSPS) is 12.6. The van der Waals surface area contributed by atoms with Gasteiger partial charge in [0.2, 0.25) is 0 Å². The first kappa shape index (κ1) is 13.2. The molecule has 4 heteroatoms. The number of hydrogen-bond donors (Lipinski definition) is 2. The van der Waals surface area contributed by atoms with E-state index < -0.39 is 0 Å². The van der Waals surface area contributed by atoms with Crippen LogP contribution in [0.15, 0.2) is 30.5 Å². The van der Waals surface area contributed by atoms with Crippen LogP contribution in [-0.4, -0.2) is 4.98 Å². The van der Waals surface area contributed by atoms with E-state index in [4.69, 9.17) is 5.73 Å². The summed E-state index contributed by atoms with van der Waals surface area (Å²) in [5, 5.41) is 4.63. The van der Waals surface area contributed by atoms with E-state index >= 15 is 0 Å². The number of aromatic nitrogens is 1. The molecule has 1 atom stereocenters. The van der Waals surface area contributed by atoms with Crippen LogP contribution in [0.5, 0.6) is 0 Å². The molecule has 0 radical (unpaired) electrons. The number of aryl methyl sites for hydroxylation is 1. The Hall–Kier alpha value is -1.23. The van der Waals surface area contributed by atoms with Gasteiger partial charge in [0.05, 0.1) is 6.04 Å². The molecule has 0 saturated carbocycles. The zero-order valence-corrected chi connectivity index (χ0v) is 11.6. The minimum Gasteiger partial charge on any atom is -0.326 e. The molecule has 1 unspecified atom stereocenters. The molecule has 0 aliphatic rings. The average Bonchev–Trinajstić information content (AvgIpc) is 2.83. The summed E-state index contributed by atoms with van der Waals surface area (Å²) in [7, 11) is 0. The minimum absolute atomic E-state index is 0.290. The number of thiazole rings is 1. The molecule has 0 bridgehead atoms. The van der Waals surface area contributed by atoms with E-state index in [1.165, 1.54) is 16.0 Å². The van der Waals surface area contributed by atoms with Crippen LogP contribution in [0.4, 0.5) is 0 Å². The fourth-order valence-electron chi connectivity index (χ4n) is 1.72. The molecule has 2 aromatic rings. The predicted octanol–water partition coefficient (Wildman–Crippen LogP) is 2.76. The lowest BCUT2D eigenvalue weighted by molar-refractivity contribution is 0.572. The molecular formula is C14H19N3S. The predicted molar refractivity (Wildman–Crippen MR) is 76.4 cm³/mol. The third-order valence-electron chi connectivity index (χ3n) is 2.88. The van der Waals surface area contributed by atoms with E-state index in [-0.39, 0.29) is 6.04 Å². The van der Waals surface area contributed by atoms with Crippen LogP contribution >= 0.6 is 11.3 Å². The zero-order chi connectivity index (χ0) is 13.0. The van der Waals surface area contributed by atoms with Crippen molar-refractivity contribution in [3.05, 3.63) is 51.5 Å². The highest BCUT2D eigenvalue weighted by atomic mass is 32.1. The topological polar surface area (TPSA) is 50.9 Å². The number of nitrogens with two attached hydrogens (primary N) is 1. The number of benzene rings is 1. The second kappa shape index (κ2) is 6.09. The fraction of sp³-hybridized carbons (Fsp3) is 0.357. The molecule has 0 aliphatic carbocycles. The number of nitrogens with one attached hydrogen (secondary N) is 1. The Balaban J connectivity index is 1.90. The van der Waals surface area contributed by atoms with Gasteiger partial charge < -0.3 is 11.1 Å². The van der Waals surface area contributed by atoms with Gasteiger partial charge in [0, 0.05) is 24.2 Å². The van der Waals surface area contributed by atoms with Gasteiger partial charge in [-0.25, -0.2) is 4.98 Å². The summed E-state index contributed by atoms with van der Waals surface area (Å²) in [5.74, 6) is 0. The minimum atomic E-state index is 0.290. The summed E-state index contributed by atoms with van der Waals surface area (Å²) in [6.45, 7) is 5.68. The average molecular weight is 261 g/mol. The van der Waals surface area contributed by atoms with Gasteiger partial charge in [0.15, 0.2) is 0 Å². The molecule has 18 heavy (non-hydrogen) atoms. The molecule has 0 amide bonds. The molecule has 96 valence electrons. The van der Waals surface area contributed by atoms with E-state index in [0.717, 1.165) is 11.6 Å². The third-order valence-corrected chi connectivity index (χ3v) is 3.98. The van der Waals surface area contributed by atoms with E-state index in [1.807, 2.05) is 6.20 Å². The lowest BCUT2D eigenvalue weighted by atomic mass is 10.1. The smallest absolute Gasteiger partial charge is 0.109 e. The van der Waals surface area contributed by atoms with E-state index in [0.29, 0.717) is 6.54 Å². The van der Waals surface area contributed by atoms with Crippen molar-refractivity contribution in [2.45, 2.75) is 33.0 Å². The van der Waals surface area contributed by atoms with Crippen molar-refractivity contribution in [2.24, 2.45) is 5.73 Å². The maximum atomic E-state index is 5.58. The Labute approximate surface area is 112 Å². The van der Waals surface area contributed by atoms with Crippen LogP contribution in [0.2, 0.25) is 0 Å². The van der Waals surface area contributed by atoms with Crippen molar-refractivity contribution in [1.29, 1.82) is 0 Å². The van der Waals surface area contributed by atoms with Gasteiger partial charge >= 0.3 is 0 Å². The Kier molecular flexibility index (Phi) is 4.47. The third kappa shape index (κ3) is 3.38. The molecule has 3 nitrogen and oxygen atoms in total. The van der Waals surface area contributed by atoms with Crippen LogP contribution in [-0.2, 0) is 13.1 Å². The molecule has 0 fully saturated rings. The zero-order valence-electron chi connectivity index (χ0n) is 10.8. The van der Waals surface area contributed by atoms with Crippen molar-refractivity contribution in [3.63, 3.8) is 0 Å². The number of nitrogens with zero attached hydrogens (tertiary/aromatic N) is 1. The molecule has 1 aromatic heterocycles. The van der Waals surface area contributed by atoms with Crippen LogP contribution in [0, 0.1) is 6.92 Å². The van der Waals surface area contributed by atoms with Crippen molar-refractivity contribution < 1.29 is 0 Å². The monoisotopic (exact) mass is 261 g/mol. The first-order valence-corrected chi connectivity index (χ1v) is 6.94. The van der Waals surface area contributed by atoms with E-state index in [9.17, 15) is 0 Å². The molecule has 0 aliphatic heterocycles. The highest BCUT2D eigenvalue weighted by molar-refractivity contribution is 7.11. The first-order chi connectivity index (χ1) is 8.69. The van der Waals surface area contributed by atoms with Crippen molar-refractivity contribution in [2.75, 3.05) is 0 Å². The van der Waals surface area contributed by atoms with E-state index in [1.54, 1.807) is 11.3 Å². The fourth-order valence-corrected chi connectivity index (χ4v) is 2.52. The van der Waals surface area contributed by atoms with Gasteiger partial charge in [-0.05, 0) is 25.0 Å². The molecule has 1 aromatic carbocycles. The van der Waals surface area contributed by atoms with Crippen molar-refractivity contribution in [1.82, 2.24) is 10.3 Å². The Bertz CT molecular complexity index is 490. The summed E-state index contributed by atoms with van der Waals surface area (Å²) >= 11 is 1.75. The SMILES string of the molecule is Cc1cnc(C(C)NCc2ccc(CN)cc2)s1. The maximum absolute atomic E-state index is 5.58. The Morgan fingerprint density at radius 2 is 1.94 bits per heavy atom. The standard InChI is InChI=1S/C14H19N3S/c1-10-8-17-14(18-10)11(2)16-9-13-5-3-12(7-15)4-6-13/h3-6,8,11,16H,7,9,15H2,1-2H3. The lowest BCUT2D eigenvalue weighted by Crippen LogP contribution is -2.17. The molecule has 2 rings (SSSR count). The van der Waals surface area contributed by atoms with Crippen LogP contribution in [0.1, 0.15) is 34.0 Å². The van der Waals surface area contributed by atoms with Gasteiger partial charge in [0.1, 0.15) is 5.01 Å². The van der Waals surface area contributed by atoms with Gasteiger partial charge in [-0.15, -0.1) is 11.3 Å². The van der Waals surface area contributed by atoms with Crippen molar-refractivity contribution in [3.8, 4) is 0 Å². The largest absolute Gasteiger partial charge is 0.326 e. The Morgan fingerprint density at radius 3 is 2.50 bits per heavy atom. The van der Waals surface area contributed by atoms with Gasteiger partial charge in [-0.1, -0.05) is 24.3 Å². The molecule has 1 heterocycles. The van der Waals surface area contributed by atoms with E-state index in [2.05, 4.69) is 48.4 Å².